The van der Waals surface area contributed by atoms with E-state index in [9.17, 15) is 4.79 Å². The van der Waals surface area contributed by atoms with Crippen molar-refractivity contribution < 1.29 is 4.79 Å². The molecule has 0 N–H and O–H groups in total. The Morgan fingerprint density at radius 2 is 1.78 bits per heavy atom. The number of carbonyl (C=O) groups excluding carboxylic acids is 1. The van der Waals surface area contributed by atoms with Crippen LogP contribution >= 0.6 is 0 Å². The van der Waals surface area contributed by atoms with Gasteiger partial charge in [0.15, 0.2) is 5.78 Å². The van der Waals surface area contributed by atoms with E-state index < -0.39 is 0 Å². The topological polar surface area (TPSA) is 41.8 Å². The van der Waals surface area contributed by atoms with E-state index in [1.807, 2.05) is 18.5 Å². The lowest BCUT2D eigenvalue weighted by molar-refractivity contribution is -0.117. The number of fused-ring (bicyclic) bond motifs is 5. The number of hydrogen-bond donors (Lipinski definition) is 0. The highest BCUT2D eigenvalue weighted by Crippen LogP contribution is 2.67. The predicted octanol–water partition coefficient (Wildman–Crippen LogP) is 5.25. The quantitative estimate of drug-likeness (QED) is 0.658. The summed E-state index contributed by atoms with van der Waals surface area (Å²) in [5.41, 5.74) is 2.24. The Balaban J connectivity index is 1.42. The summed E-state index contributed by atoms with van der Waals surface area (Å²) in [6.07, 6.45) is 15.7. The van der Waals surface area contributed by atoms with Crippen LogP contribution in [0.5, 0.6) is 0 Å². The van der Waals surface area contributed by atoms with E-state index in [1.165, 1.54) is 37.7 Å². The number of carbonyl (C=O) groups is 1. The smallest absolute Gasteiger partial charge is 0.155 e. The van der Waals surface area contributed by atoms with Crippen molar-refractivity contribution in [1.29, 1.82) is 0 Å². The zero-order valence-electron chi connectivity index (χ0n) is 17.2. The molecular formula is C24H34N2O. The van der Waals surface area contributed by atoms with E-state index in [0.29, 0.717) is 22.5 Å². The molecule has 0 spiro atoms. The Kier molecular flexibility index (Phi) is 4.04. The molecule has 0 radical (unpaired) electrons. The highest BCUT2D eigenvalue weighted by Gasteiger charge is 2.59. The van der Waals surface area contributed by atoms with Crippen molar-refractivity contribution in [1.82, 2.24) is 0 Å². The molecule has 146 valence electrons. The third-order valence-electron chi connectivity index (χ3n) is 9.68. The SMILES string of the molecule is C[C@@H](C1N=CC=N1)[C@H]1CC[C@H]2[C@@H]3CCC4=CC(=O)CC[C@]4(C)[C@H]3CC[C@]12C. The van der Waals surface area contributed by atoms with Crippen LogP contribution < -0.4 is 0 Å². The van der Waals surface area contributed by atoms with Gasteiger partial charge in [-0.2, -0.15) is 0 Å². The predicted molar refractivity (Wildman–Crippen MR) is 110 cm³/mol. The number of ketones is 1. The van der Waals surface area contributed by atoms with E-state index in [0.717, 1.165) is 42.9 Å². The van der Waals surface area contributed by atoms with E-state index in [-0.39, 0.29) is 6.17 Å². The second kappa shape index (κ2) is 6.12. The van der Waals surface area contributed by atoms with Gasteiger partial charge in [-0.25, -0.2) is 0 Å². The summed E-state index contributed by atoms with van der Waals surface area (Å²) in [5, 5.41) is 0. The summed E-state index contributed by atoms with van der Waals surface area (Å²) in [6, 6.07) is 0. The largest absolute Gasteiger partial charge is 0.295 e. The van der Waals surface area contributed by atoms with Crippen LogP contribution in [-0.4, -0.2) is 24.4 Å². The molecular weight excluding hydrogens is 332 g/mol. The molecule has 3 nitrogen and oxygen atoms in total. The molecule has 0 amide bonds. The van der Waals surface area contributed by atoms with Crippen LogP contribution in [-0.2, 0) is 4.79 Å². The first kappa shape index (κ1) is 17.8. The number of allylic oxidation sites excluding steroid dienone is 1. The normalized spacial score (nSPS) is 47.4. The Morgan fingerprint density at radius 1 is 1.00 bits per heavy atom. The molecule has 3 heteroatoms. The first-order valence-electron chi connectivity index (χ1n) is 11.2. The fraction of sp³-hybridized carbons (Fsp3) is 0.792. The van der Waals surface area contributed by atoms with Crippen LogP contribution in [0.1, 0.15) is 72.1 Å². The summed E-state index contributed by atoms with van der Waals surface area (Å²) in [5.74, 6) is 4.17. The lowest BCUT2D eigenvalue weighted by Gasteiger charge is -2.58. The maximum atomic E-state index is 12.0. The van der Waals surface area contributed by atoms with Crippen molar-refractivity contribution in [2.24, 2.45) is 50.4 Å². The maximum Gasteiger partial charge on any atom is 0.155 e. The van der Waals surface area contributed by atoms with Crippen molar-refractivity contribution in [3.05, 3.63) is 11.6 Å². The fourth-order valence-electron chi connectivity index (χ4n) is 8.23. The van der Waals surface area contributed by atoms with Crippen LogP contribution in [0.4, 0.5) is 0 Å². The summed E-state index contributed by atoms with van der Waals surface area (Å²) in [6.45, 7) is 7.48. The number of hydrogen-bond acceptors (Lipinski definition) is 3. The molecule has 5 rings (SSSR count). The Labute approximate surface area is 163 Å². The summed E-state index contributed by atoms with van der Waals surface area (Å²) in [7, 11) is 0. The monoisotopic (exact) mass is 366 g/mol. The molecule has 7 atom stereocenters. The average molecular weight is 367 g/mol. The lowest BCUT2D eigenvalue weighted by Crippen LogP contribution is -2.51. The van der Waals surface area contributed by atoms with Crippen LogP contribution in [0.2, 0.25) is 0 Å². The Bertz CT molecular complexity index is 725. The minimum absolute atomic E-state index is 0.158. The highest BCUT2D eigenvalue weighted by molar-refractivity contribution is 6.17. The molecule has 0 bridgehead atoms. The summed E-state index contributed by atoms with van der Waals surface area (Å²) < 4.78 is 0. The van der Waals surface area contributed by atoms with Gasteiger partial charge in [0.1, 0.15) is 6.17 Å². The van der Waals surface area contributed by atoms with E-state index in [4.69, 9.17) is 0 Å². The minimum Gasteiger partial charge on any atom is -0.295 e. The van der Waals surface area contributed by atoms with Gasteiger partial charge in [0.25, 0.3) is 0 Å². The van der Waals surface area contributed by atoms with E-state index in [2.05, 4.69) is 30.8 Å². The summed E-state index contributed by atoms with van der Waals surface area (Å²) in [4.78, 5) is 21.2. The first-order chi connectivity index (χ1) is 12.9. The lowest BCUT2D eigenvalue weighted by atomic mass is 9.46. The second-order valence-corrected chi connectivity index (χ2v) is 10.6. The second-order valence-electron chi connectivity index (χ2n) is 10.6. The molecule has 1 aliphatic heterocycles. The third-order valence-corrected chi connectivity index (χ3v) is 9.68. The van der Waals surface area contributed by atoms with Gasteiger partial charge in [-0.3, -0.25) is 14.8 Å². The molecule has 0 unspecified atom stereocenters. The van der Waals surface area contributed by atoms with E-state index >= 15 is 0 Å². The van der Waals surface area contributed by atoms with Gasteiger partial charge < -0.3 is 0 Å². The number of nitrogens with zero attached hydrogens (tertiary/aromatic N) is 2. The van der Waals surface area contributed by atoms with E-state index in [1.54, 1.807) is 0 Å². The molecule has 0 aromatic rings. The Morgan fingerprint density at radius 3 is 2.56 bits per heavy atom. The van der Waals surface area contributed by atoms with Crippen LogP contribution in [0.15, 0.2) is 21.6 Å². The molecule has 3 saturated carbocycles. The third kappa shape index (κ3) is 2.49. The van der Waals surface area contributed by atoms with Gasteiger partial charge in [-0.05, 0) is 85.5 Å². The molecule has 0 aromatic heterocycles. The molecule has 1 heterocycles. The molecule has 4 aliphatic carbocycles. The molecule has 0 aromatic carbocycles. The zero-order valence-corrected chi connectivity index (χ0v) is 17.2. The highest BCUT2D eigenvalue weighted by atomic mass is 16.1. The first-order valence-corrected chi connectivity index (χ1v) is 11.2. The van der Waals surface area contributed by atoms with Crippen molar-refractivity contribution in [3.63, 3.8) is 0 Å². The van der Waals surface area contributed by atoms with Gasteiger partial charge in [-0.15, -0.1) is 0 Å². The van der Waals surface area contributed by atoms with Crippen molar-refractivity contribution >= 4 is 18.2 Å². The average Bonchev–Trinajstić information content (AvgIpc) is 3.29. The standard InChI is InChI=1S/C24H34N2O/c1-15(22-25-12-13-26-22)19-6-7-20-18-5-4-16-14-17(27)8-10-23(16,2)21(18)9-11-24(19,20)3/h12-15,18-22H,4-11H2,1-3H3/t15-,18+,19-,20+,21+,23+,24-/m1/s1. The van der Waals surface area contributed by atoms with Crippen molar-refractivity contribution in [2.75, 3.05) is 0 Å². The summed E-state index contributed by atoms with van der Waals surface area (Å²) >= 11 is 0. The molecule has 5 aliphatic rings. The van der Waals surface area contributed by atoms with Crippen molar-refractivity contribution in [3.8, 4) is 0 Å². The zero-order chi connectivity index (χ0) is 18.8. The van der Waals surface area contributed by atoms with Gasteiger partial charge in [0.2, 0.25) is 0 Å². The van der Waals surface area contributed by atoms with Gasteiger partial charge >= 0.3 is 0 Å². The van der Waals surface area contributed by atoms with Crippen LogP contribution in [0, 0.1) is 40.4 Å². The maximum absolute atomic E-state index is 12.0. The number of rotatable bonds is 2. The minimum atomic E-state index is 0.158. The molecule has 3 fully saturated rings. The van der Waals surface area contributed by atoms with Gasteiger partial charge in [0, 0.05) is 24.8 Å². The van der Waals surface area contributed by atoms with Crippen LogP contribution in [0.25, 0.3) is 0 Å². The molecule has 27 heavy (non-hydrogen) atoms. The van der Waals surface area contributed by atoms with Crippen LogP contribution in [0.3, 0.4) is 0 Å². The molecule has 0 saturated heterocycles. The fourth-order valence-corrected chi connectivity index (χ4v) is 8.23. The van der Waals surface area contributed by atoms with Gasteiger partial charge in [0.05, 0.1) is 0 Å². The van der Waals surface area contributed by atoms with Crippen molar-refractivity contribution in [2.45, 2.75) is 78.3 Å². The Hall–Kier alpha value is -1.25. The van der Waals surface area contributed by atoms with Gasteiger partial charge in [-0.1, -0.05) is 26.3 Å². The number of aliphatic imine (C=N–C) groups is 2.